The lowest BCUT2D eigenvalue weighted by molar-refractivity contribution is -0.115. The second kappa shape index (κ2) is 6.98. The van der Waals surface area contributed by atoms with Crippen molar-refractivity contribution < 1.29 is 13.2 Å². The molecule has 2 rings (SSSR count). The van der Waals surface area contributed by atoms with Gasteiger partial charge in [0.1, 0.15) is 0 Å². The van der Waals surface area contributed by atoms with Crippen LogP contribution >= 0.6 is 11.8 Å². The molecule has 0 saturated heterocycles. The SMILES string of the molecule is CSc1ccc(NC(=O)Cc2ccc(S(C)(=O)=O)cc2)cc1. The molecule has 0 aliphatic carbocycles. The fourth-order valence-corrected chi connectivity index (χ4v) is 2.96. The zero-order valence-corrected chi connectivity index (χ0v) is 14.0. The number of amides is 1. The van der Waals surface area contributed by atoms with Gasteiger partial charge in [-0.15, -0.1) is 11.8 Å². The summed E-state index contributed by atoms with van der Waals surface area (Å²) in [5, 5.41) is 2.82. The van der Waals surface area contributed by atoms with E-state index in [-0.39, 0.29) is 17.2 Å². The first-order valence-electron chi connectivity index (χ1n) is 6.61. The number of carbonyl (C=O) groups excluding carboxylic acids is 1. The van der Waals surface area contributed by atoms with Crippen LogP contribution < -0.4 is 5.32 Å². The largest absolute Gasteiger partial charge is 0.326 e. The zero-order valence-electron chi connectivity index (χ0n) is 12.4. The lowest BCUT2D eigenvalue weighted by atomic mass is 10.1. The summed E-state index contributed by atoms with van der Waals surface area (Å²) in [5.74, 6) is -0.135. The van der Waals surface area contributed by atoms with E-state index in [0.29, 0.717) is 0 Å². The molecule has 0 radical (unpaired) electrons. The summed E-state index contributed by atoms with van der Waals surface area (Å²) in [6, 6.07) is 14.0. The van der Waals surface area contributed by atoms with Gasteiger partial charge in [-0.1, -0.05) is 12.1 Å². The predicted molar refractivity (Wildman–Crippen MR) is 90.1 cm³/mol. The topological polar surface area (TPSA) is 63.2 Å². The molecule has 0 atom stereocenters. The Hall–Kier alpha value is -1.79. The molecule has 2 aromatic carbocycles. The maximum atomic E-state index is 12.0. The molecule has 0 aromatic heterocycles. The average Bonchev–Trinajstić information content (AvgIpc) is 2.47. The van der Waals surface area contributed by atoms with Crippen LogP contribution in [-0.4, -0.2) is 26.8 Å². The minimum atomic E-state index is -3.21. The third-order valence-corrected chi connectivity index (χ3v) is 4.96. The second-order valence-electron chi connectivity index (χ2n) is 4.87. The van der Waals surface area contributed by atoms with E-state index in [2.05, 4.69) is 5.32 Å². The van der Waals surface area contributed by atoms with E-state index in [0.717, 1.165) is 22.4 Å². The average molecular weight is 335 g/mol. The van der Waals surface area contributed by atoms with Crippen LogP contribution in [0.15, 0.2) is 58.3 Å². The van der Waals surface area contributed by atoms with Crippen LogP contribution in [0.3, 0.4) is 0 Å². The highest BCUT2D eigenvalue weighted by Crippen LogP contribution is 2.18. The van der Waals surface area contributed by atoms with Crippen molar-refractivity contribution in [2.45, 2.75) is 16.2 Å². The molecule has 1 N–H and O–H groups in total. The van der Waals surface area contributed by atoms with Crippen molar-refractivity contribution in [1.29, 1.82) is 0 Å². The van der Waals surface area contributed by atoms with Gasteiger partial charge < -0.3 is 5.32 Å². The molecule has 116 valence electrons. The van der Waals surface area contributed by atoms with E-state index >= 15 is 0 Å². The van der Waals surface area contributed by atoms with Gasteiger partial charge in [-0.2, -0.15) is 0 Å². The quantitative estimate of drug-likeness (QED) is 0.853. The first-order valence-corrected chi connectivity index (χ1v) is 9.73. The van der Waals surface area contributed by atoms with Gasteiger partial charge in [0.2, 0.25) is 5.91 Å². The fourth-order valence-electron chi connectivity index (χ4n) is 1.92. The molecule has 1 amide bonds. The number of anilines is 1. The minimum absolute atomic E-state index is 0.135. The molecule has 0 saturated carbocycles. The van der Waals surface area contributed by atoms with Gasteiger partial charge in [-0.25, -0.2) is 8.42 Å². The molecule has 0 aliphatic rings. The normalized spacial score (nSPS) is 11.2. The molecular weight excluding hydrogens is 318 g/mol. The molecule has 0 bridgehead atoms. The minimum Gasteiger partial charge on any atom is -0.326 e. The Morgan fingerprint density at radius 3 is 2.14 bits per heavy atom. The van der Waals surface area contributed by atoms with Crippen LogP contribution in [0.5, 0.6) is 0 Å². The lowest BCUT2D eigenvalue weighted by Crippen LogP contribution is -2.14. The van der Waals surface area contributed by atoms with Gasteiger partial charge in [0.05, 0.1) is 11.3 Å². The van der Waals surface area contributed by atoms with Crippen LogP contribution in [0.4, 0.5) is 5.69 Å². The van der Waals surface area contributed by atoms with E-state index in [1.54, 1.807) is 23.9 Å². The summed E-state index contributed by atoms with van der Waals surface area (Å²) in [5.41, 5.74) is 1.51. The molecule has 0 heterocycles. The monoisotopic (exact) mass is 335 g/mol. The molecule has 0 aliphatic heterocycles. The van der Waals surface area contributed by atoms with Crippen LogP contribution in [0.2, 0.25) is 0 Å². The predicted octanol–water partition coefficient (Wildman–Crippen LogP) is 2.99. The highest BCUT2D eigenvalue weighted by atomic mass is 32.2. The van der Waals surface area contributed by atoms with Crippen molar-refractivity contribution in [3.05, 3.63) is 54.1 Å². The van der Waals surface area contributed by atoms with Gasteiger partial charge in [-0.3, -0.25) is 4.79 Å². The van der Waals surface area contributed by atoms with E-state index < -0.39 is 9.84 Å². The standard InChI is InChI=1S/C16H17NO3S2/c1-21-14-7-5-13(6-8-14)17-16(18)11-12-3-9-15(10-4-12)22(2,19)20/h3-10H,11H2,1-2H3,(H,17,18). The fraction of sp³-hybridized carbons (Fsp3) is 0.188. The Morgan fingerprint density at radius 1 is 1.05 bits per heavy atom. The first-order chi connectivity index (χ1) is 10.4. The Morgan fingerprint density at radius 2 is 1.64 bits per heavy atom. The van der Waals surface area contributed by atoms with Crippen LogP contribution in [0.25, 0.3) is 0 Å². The summed E-state index contributed by atoms with van der Waals surface area (Å²) in [6.07, 6.45) is 3.36. The van der Waals surface area contributed by atoms with Crippen LogP contribution in [-0.2, 0) is 21.1 Å². The highest BCUT2D eigenvalue weighted by Gasteiger charge is 2.08. The molecule has 0 fully saturated rings. The number of sulfone groups is 1. The molecule has 0 spiro atoms. The van der Waals surface area contributed by atoms with Gasteiger partial charge in [-0.05, 0) is 48.2 Å². The smallest absolute Gasteiger partial charge is 0.228 e. The number of thioether (sulfide) groups is 1. The summed E-state index contributed by atoms with van der Waals surface area (Å²) >= 11 is 1.64. The summed E-state index contributed by atoms with van der Waals surface area (Å²) in [7, 11) is -3.21. The van der Waals surface area contributed by atoms with Crippen molar-refractivity contribution in [3.8, 4) is 0 Å². The van der Waals surface area contributed by atoms with E-state index in [9.17, 15) is 13.2 Å². The van der Waals surface area contributed by atoms with Crippen LogP contribution in [0.1, 0.15) is 5.56 Å². The third-order valence-electron chi connectivity index (χ3n) is 3.09. The van der Waals surface area contributed by atoms with Crippen molar-refractivity contribution in [2.24, 2.45) is 0 Å². The van der Waals surface area contributed by atoms with Gasteiger partial charge in [0.15, 0.2) is 9.84 Å². The second-order valence-corrected chi connectivity index (χ2v) is 7.76. The van der Waals surface area contributed by atoms with Crippen molar-refractivity contribution in [3.63, 3.8) is 0 Å². The van der Waals surface area contributed by atoms with Crippen molar-refractivity contribution >= 4 is 33.2 Å². The zero-order chi connectivity index (χ0) is 16.2. The van der Waals surface area contributed by atoms with Crippen molar-refractivity contribution in [2.75, 3.05) is 17.8 Å². The first kappa shape index (κ1) is 16.6. The lowest BCUT2D eigenvalue weighted by Gasteiger charge is -2.06. The molecule has 2 aromatic rings. The number of hydrogen-bond acceptors (Lipinski definition) is 4. The number of rotatable bonds is 5. The summed E-state index contributed by atoms with van der Waals surface area (Å²) < 4.78 is 22.8. The molecule has 4 nitrogen and oxygen atoms in total. The number of hydrogen-bond donors (Lipinski definition) is 1. The van der Waals surface area contributed by atoms with E-state index in [4.69, 9.17) is 0 Å². The molecule has 6 heteroatoms. The maximum Gasteiger partial charge on any atom is 0.228 e. The number of nitrogens with one attached hydrogen (secondary N) is 1. The van der Waals surface area contributed by atoms with Crippen LogP contribution in [0, 0.1) is 0 Å². The Balaban J connectivity index is 1.99. The Labute approximate surface area is 134 Å². The summed E-state index contributed by atoms with van der Waals surface area (Å²) in [6.45, 7) is 0. The van der Waals surface area contributed by atoms with Gasteiger partial charge >= 0.3 is 0 Å². The third kappa shape index (κ3) is 4.61. The number of benzene rings is 2. The maximum absolute atomic E-state index is 12.0. The van der Waals surface area contributed by atoms with Gasteiger partial charge in [0, 0.05) is 16.8 Å². The molecule has 22 heavy (non-hydrogen) atoms. The molecular formula is C16H17NO3S2. The van der Waals surface area contributed by atoms with Crippen molar-refractivity contribution in [1.82, 2.24) is 0 Å². The Kier molecular flexibility index (Phi) is 5.26. The highest BCUT2D eigenvalue weighted by molar-refractivity contribution is 7.98. The van der Waals surface area contributed by atoms with Gasteiger partial charge in [0.25, 0.3) is 0 Å². The number of carbonyl (C=O) groups is 1. The van der Waals surface area contributed by atoms with E-state index in [1.807, 2.05) is 30.5 Å². The molecule has 0 unspecified atom stereocenters. The summed E-state index contributed by atoms with van der Waals surface area (Å²) in [4.78, 5) is 13.4. The Bertz CT molecular complexity index is 751. The van der Waals surface area contributed by atoms with E-state index in [1.165, 1.54) is 12.1 Å².